The maximum Gasteiger partial charge on any atom is 0.346 e. The highest BCUT2D eigenvalue weighted by atomic mass is 19.1. The van der Waals surface area contributed by atoms with E-state index in [-0.39, 0.29) is 77.2 Å². The van der Waals surface area contributed by atoms with Crippen LogP contribution in [-0.2, 0) is 6.42 Å². The van der Waals surface area contributed by atoms with Gasteiger partial charge in [0.1, 0.15) is 30.3 Å². The van der Waals surface area contributed by atoms with Crippen LogP contribution in [0.2, 0.25) is 0 Å². The lowest BCUT2D eigenvalue weighted by Gasteiger charge is -2.41. The van der Waals surface area contributed by atoms with Gasteiger partial charge in [-0.1, -0.05) is 18.9 Å². The molecule has 0 aliphatic carbocycles. The summed E-state index contributed by atoms with van der Waals surface area (Å²) in [7, 11) is 1.39. The molecule has 1 fully saturated rings. The van der Waals surface area contributed by atoms with Crippen molar-refractivity contribution in [3.8, 4) is 35.1 Å². The number of terminal acetylenes is 1. The maximum atomic E-state index is 16.1. The number of halogens is 2. The number of pyridine rings is 1. The number of aromatic nitrogens is 4. The highest BCUT2D eigenvalue weighted by Gasteiger charge is 2.35. The molecular weight excluding hydrogens is 620 g/mol. The summed E-state index contributed by atoms with van der Waals surface area (Å²) in [6, 6.07) is 5.24. The number of fused-ring (bicyclic) bond motifs is 2. The van der Waals surface area contributed by atoms with Gasteiger partial charge in [-0.15, -0.1) is 11.5 Å². The third kappa shape index (κ3) is 5.92. The number of ether oxygens (including phenoxy) is 2. The summed E-state index contributed by atoms with van der Waals surface area (Å²) >= 11 is 0. The average Bonchev–Trinajstić information content (AvgIpc) is 3.52. The SMILES string of the molecule is C#Cc1c2c(cc(F)c1-c1c(F)ccc3ccnc(OC)c13)C(=O)N(CN1CCC(N(C(=O)n3cnc(CC)n3)C(C)C)CC1)CCO2. The molecule has 48 heavy (non-hydrogen) atoms. The van der Waals surface area contributed by atoms with Gasteiger partial charge in [-0.25, -0.2) is 23.5 Å². The Kier molecular flexibility index (Phi) is 9.28. The zero-order valence-electron chi connectivity index (χ0n) is 27.4. The van der Waals surface area contributed by atoms with E-state index < -0.39 is 17.5 Å². The standard InChI is InChI=1S/C35H37F2N7O4/c1-6-24-30(31-26(36)9-8-22-10-13-38-33(47-5)29(22)31)27(37)18-25-32(24)48-17-16-42(34(25)45)20-41-14-11-23(12-15-41)44(21(3)4)35(46)43-19-39-28(7-2)40-43/h1,8-10,13,18-19,21,23H,7,11-12,14-17,20H2,2-5H3. The second-order valence-electron chi connectivity index (χ2n) is 12.1. The highest BCUT2D eigenvalue weighted by molar-refractivity contribution is 6.04. The number of carbonyl (C=O) groups is 2. The number of likely N-dealkylation sites (tertiary alicyclic amines) is 1. The maximum absolute atomic E-state index is 16.1. The summed E-state index contributed by atoms with van der Waals surface area (Å²) in [6.07, 6.45) is 10.9. The quantitative estimate of drug-likeness (QED) is 0.257. The molecule has 0 N–H and O–H groups in total. The molecule has 2 aliphatic heterocycles. The van der Waals surface area contributed by atoms with Crippen molar-refractivity contribution in [3.05, 3.63) is 65.4 Å². The van der Waals surface area contributed by atoms with Crippen molar-refractivity contribution in [3.63, 3.8) is 0 Å². The summed E-state index contributed by atoms with van der Waals surface area (Å²) in [4.78, 5) is 41.2. The zero-order valence-corrected chi connectivity index (χ0v) is 27.4. The van der Waals surface area contributed by atoms with Crippen LogP contribution < -0.4 is 9.47 Å². The topological polar surface area (TPSA) is 106 Å². The summed E-state index contributed by atoms with van der Waals surface area (Å²) < 4.78 is 44.4. The molecule has 2 aromatic heterocycles. The first kappa shape index (κ1) is 32.8. The van der Waals surface area contributed by atoms with Crippen LogP contribution in [0.1, 0.15) is 55.4 Å². The largest absolute Gasteiger partial charge is 0.490 e. The van der Waals surface area contributed by atoms with E-state index in [1.165, 1.54) is 30.4 Å². The molecule has 0 bridgehead atoms. The lowest BCUT2D eigenvalue weighted by molar-refractivity contribution is 0.0488. The zero-order chi connectivity index (χ0) is 34.1. The fraction of sp³-hybridized carbons (Fsp3) is 0.400. The minimum absolute atomic E-state index is 0.0130. The molecule has 1 saturated heterocycles. The van der Waals surface area contributed by atoms with Crippen molar-refractivity contribution in [2.45, 2.75) is 52.1 Å². The monoisotopic (exact) mass is 657 g/mol. The first-order valence-electron chi connectivity index (χ1n) is 16.0. The van der Waals surface area contributed by atoms with E-state index in [9.17, 15) is 9.59 Å². The van der Waals surface area contributed by atoms with Crippen LogP contribution in [0.5, 0.6) is 11.6 Å². The van der Waals surface area contributed by atoms with Crippen molar-refractivity contribution in [1.29, 1.82) is 0 Å². The second kappa shape index (κ2) is 13.6. The van der Waals surface area contributed by atoms with E-state index in [0.717, 1.165) is 6.07 Å². The fourth-order valence-electron chi connectivity index (χ4n) is 6.65. The Morgan fingerprint density at radius 3 is 2.58 bits per heavy atom. The highest BCUT2D eigenvalue weighted by Crippen LogP contribution is 2.43. The minimum Gasteiger partial charge on any atom is -0.490 e. The molecule has 0 atom stereocenters. The molecule has 250 valence electrons. The number of amides is 2. The van der Waals surface area contributed by atoms with Crippen molar-refractivity contribution in [2.24, 2.45) is 0 Å². The molecule has 2 aromatic carbocycles. The third-order valence-electron chi connectivity index (χ3n) is 8.94. The predicted molar refractivity (Wildman–Crippen MR) is 175 cm³/mol. The molecule has 2 aliphatic rings. The van der Waals surface area contributed by atoms with Gasteiger partial charge in [-0.3, -0.25) is 9.69 Å². The summed E-state index contributed by atoms with van der Waals surface area (Å²) in [5, 5.41) is 5.13. The van der Waals surface area contributed by atoms with E-state index in [1.54, 1.807) is 17.0 Å². The number of hydrogen-bond acceptors (Lipinski definition) is 8. The number of methoxy groups -OCH3 is 1. The Labute approximate surface area is 277 Å². The van der Waals surface area contributed by atoms with Crippen LogP contribution in [-0.4, -0.2) is 98.5 Å². The normalized spacial score (nSPS) is 15.6. The van der Waals surface area contributed by atoms with Gasteiger partial charge >= 0.3 is 6.03 Å². The van der Waals surface area contributed by atoms with Gasteiger partial charge in [0, 0.05) is 48.9 Å². The van der Waals surface area contributed by atoms with Crippen LogP contribution in [0.15, 0.2) is 36.8 Å². The number of aryl methyl sites for hydroxylation is 1. The van der Waals surface area contributed by atoms with Crippen molar-refractivity contribution in [2.75, 3.05) is 40.0 Å². The predicted octanol–water partition coefficient (Wildman–Crippen LogP) is 4.96. The van der Waals surface area contributed by atoms with Gasteiger partial charge in [0.25, 0.3) is 5.91 Å². The Balaban J connectivity index is 1.23. The van der Waals surface area contributed by atoms with Crippen LogP contribution in [0.25, 0.3) is 21.9 Å². The molecule has 13 heteroatoms. The first-order chi connectivity index (χ1) is 23.2. The van der Waals surface area contributed by atoms with Crippen LogP contribution in [0.4, 0.5) is 13.6 Å². The number of piperidine rings is 1. The lowest BCUT2D eigenvalue weighted by Crippen LogP contribution is -2.53. The van der Waals surface area contributed by atoms with E-state index >= 15 is 8.78 Å². The Morgan fingerprint density at radius 1 is 1.15 bits per heavy atom. The number of nitrogens with zero attached hydrogens (tertiary/aromatic N) is 7. The molecule has 4 heterocycles. The Bertz CT molecular complexity index is 1910. The third-order valence-corrected chi connectivity index (χ3v) is 8.94. The molecule has 2 amide bonds. The van der Waals surface area contributed by atoms with E-state index in [0.29, 0.717) is 43.6 Å². The van der Waals surface area contributed by atoms with Gasteiger partial charge < -0.3 is 19.3 Å². The number of rotatable bonds is 7. The van der Waals surface area contributed by atoms with Crippen molar-refractivity contribution >= 4 is 22.7 Å². The molecule has 11 nitrogen and oxygen atoms in total. The van der Waals surface area contributed by atoms with E-state index in [1.807, 2.05) is 25.7 Å². The molecule has 0 radical (unpaired) electrons. The van der Waals surface area contributed by atoms with Gasteiger partial charge in [-0.2, -0.15) is 4.68 Å². The van der Waals surface area contributed by atoms with Crippen LogP contribution in [0.3, 0.4) is 0 Å². The van der Waals surface area contributed by atoms with Gasteiger partial charge in [0.2, 0.25) is 5.88 Å². The summed E-state index contributed by atoms with van der Waals surface area (Å²) in [6.45, 7) is 7.78. The van der Waals surface area contributed by atoms with E-state index in [4.69, 9.17) is 15.9 Å². The van der Waals surface area contributed by atoms with Crippen LogP contribution >= 0.6 is 0 Å². The Hall–Kier alpha value is -5.09. The van der Waals surface area contributed by atoms with Crippen molar-refractivity contribution < 1.29 is 27.8 Å². The van der Waals surface area contributed by atoms with E-state index in [2.05, 4.69) is 25.9 Å². The number of carbonyl (C=O) groups excluding carboxylic acids is 2. The smallest absolute Gasteiger partial charge is 0.346 e. The molecule has 0 saturated carbocycles. The average molecular weight is 658 g/mol. The first-order valence-corrected chi connectivity index (χ1v) is 16.0. The fourth-order valence-corrected chi connectivity index (χ4v) is 6.65. The molecule has 0 spiro atoms. The van der Waals surface area contributed by atoms with Gasteiger partial charge in [0.15, 0.2) is 5.82 Å². The lowest BCUT2D eigenvalue weighted by atomic mass is 9.91. The minimum atomic E-state index is -0.865. The number of benzene rings is 2. The van der Waals surface area contributed by atoms with Crippen molar-refractivity contribution in [1.82, 2.24) is 34.4 Å². The van der Waals surface area contributed by atoms with Gasteiger partial charge in [-0.05, 0) is 50.3 Å². The molecule has 0 unspecified atom stereocenters. The summed E-state index contributed by atoms with van der Waals surface area (Å²) in [5.74, 6) is 1.19. The molecular formula is C35H37F2N7O4. The number of hydrogen-bond donors (Lipinski definition) is 0. The van der Waals surface area contributed by atoms with Gasteiger partial charge in [0.05, 0.1) is 36.8 Å². The van der Waals surface area contributed by atoms with Crippen LogP contribution in [0, 0.1) is 24.0 Å². The Morgan fingerprint density at radius 2 is 1.92 bits per heavy atom. The molecule has 4 aromatic rings. The second-order valence-corrected chi connectivity index (χ2v) is 12.1. The molecule has 6 rings (SSSR count). The summed E-state index contributed by atoms with van der Waals surface area (Å²) in [5.41, 5.74) is -0.405.